The van der Waals surface area contributed by atoms with Crippen molar-refractivity contribution in [3.05, 3.63) is 59.4 Å². The molecule has 2 aromatic carbocycles. The van der Waals surface area contributed by atoms with E-state index in [4.69, 9.17) is 14.0 Å². The van der Waals surface area contributed by atoms with Crippen LogP contribution in [0.1, 0.15) is 20.7 Å². The van der Waals surface area contributed by atoms with Crippen molar-refractivity contribution in [2.45, 2.75) is 0 Å². The highest BCUT2D eigenvalue weighted by molar-refractivity contribution is 7.85. The molecule has 0 aliphatic carbocycles. The van der Waals surface area contributed by atoms with E-state index in [-0.39, 0.29) is 11.5 Å². The number of benzene rings is 2. The second kappa shape index (κ2) is 13.0. The molecule has 1 saturated heterocycles. The van der Waals surface area contributed by atoms with Crippen molar-refractivity contribution in [2.24, 2.45) is 0 Å². The molecule has 34 heavy (non-hydrogen) atoms. The number of morpholine rings is 1. The van der Waals surface area contributed by atoms with Gasteiger partial charge in [-0.3, -0.25) is 19.0 Å². The lowest BCUT2D eigenvalue weighted by atomic mass is 10.1. The van der Waals surface area contributed by atoms with Gasteiger partial charge in [-0.2, -0.15) is 8.42 Å². The number of amides is 2. The maximum Gasteiger partial charge on any atom is 0.261 e. The standard InChI is InChI=1S/C21H24FN3O4.CH4O3S/c1-28-15-6-7-16(18(22)14-15)21(27)24-19-5-3-2-4-17(19)20(26)23-8-9-25-10-12-29-13-11-25;1-5(2,3)4/h2-7,14H,8-13H2,1H3,(H,23,26)(H,24,27);1H3,(H,2,3,4). The van der Waals surface area contributed by atoms with Gasteiger partial charge in [-0.1, -0.05) is 12.1 Å². The molecule has 0 atom stereocenters. The number of nitrogens with zero attached hydrogens (tertiary/aromatic N) is 1. The van der Waals surface area contributed by atoms with Gasteiger partial charge in [-0.05, 0) is 24.3 Å². The number of rotatable bonds is 7. The van der Waals surface area contributed by atoms with Crippen molar-refractivity contribution in [1.29, 1.82) is 0 Å². The Kier molecular flexibility index (Phi) is 10.4. The molecule has 0 unspecified atom stereocenters. The Balaban J connectivity index is 0.000000739. The van der Waals surface area contributed by atoms with Crippen LogP contribution in [0.2, 0.25) is 0 Å². The molecule has 1 aliphatic rings. The molecule has 0 radical (unpaired) electrons. The molecule has 0 spiro atoms. The van der Waals surface area contributed by atoms with Gasteiger partial charge in [0.25, 0.3) is 21.9 Å². The number of nitrogens with one attached hydrogen (secondary N) is 2. The van der Waals surface area contributed by atoms with Gasteiger partial charge in [0.15, 0.2) is 0 Å². The summed E-state index contributed by atoms with van der Waals surface area (Å²) in [6.07, 6.45) is 0.715. The van der Waals surface area contributed by atoms with Gasteiger partial charge in [0.05, 0.1) is 43.4 Å². The van der Waals surface area contributed by atoms with Crippen LogP contribution in [0.4, 0.5) is 10.1 Å². The molecule has 2 amide bonds. The van der Waals surface area contributed by atoms with Crippen LogP contribution in [0.15, 0.2) is 42.5 Å². The fourth-order valence-corrected chi connectivity index (χ4v) is 3.03. The Morgan fingerprint density at radius 1 is 1.12 bits per heavy atom. The summed E-state index contributed by atoms with van der Waals surface area (Å²) in [5.74, 6) is -1.32. The van der Waals surface area contributed by atoms with Crippen molar-refractivity contribution >= 4 is 27.6 Å². The molecule has 0 bridgehead atoms. The summed E-state index contributed by atoms with van der Waals surface area (Å²) in [6.45, 7) is 4.29. The Bertz CT molecular complexity index is 1080. The van der Waals surface area contributed by atoms with Crippen molar-refractivity contribution in [3.63, 3.8) is 0 Å². The van der Waals surface area contributed by atoms with Crippen LogP contribution in [0.3, 0.4) is 0 Å². The van der Waals surface area contributed by atoms with Gasteiger partial charge in [-0.15, -0.1) is 0 Å². The van der Waals surface area contributed by atoms with E-state index in [0.29, 0.717) is 43.0 Å². The van der Waals surface area contributed by atoms with Gasteiger partial charge in [-0.25, -0.2) is 4.39 Å². The van der Waals surface area contributed by atoms with E-state index < -0.39 is 21.8 Å². The first kappa shape index (κ1) is 27.2. The smallest absolute Gasteiger partial charge is 0.261 e. The molecule has 10 nitrogen and oxygen atoms in total. The van der Waals surface area contributed by atoms with Crippen molar-refractivity contribution in [2.75, 3.05) is 58.1 Å². The zero-order chi connectivity index (χ0) is 25.1. The minimum atomic E-state index is -3.67. The lowest BCUT2D eigenvalue weighted by molar-refractivity contribution is 0.0383. The number of anilines is 1. The third-order valence-corrected chi connectivity index (χ3v) is 4.66. The molecule has 12 heteroatoms. The molecule has 0 saturated carbocycles. The molecular formula is C22H28FN3O7S. The van der Waals surface area contributed by atoms with Gasteiger partial charge >= 0.3 is 0 Å². The molecule has 186 valence electrons. The topological polar surface area (TPSA) is 134 Å². The Labute approximate surface area is 197 Å². The summed E-state index contributed by atoms with van der Waals surface area (Å²) in [7, 11) is -2.25. The zero-order valence-electron chi connectivity index (χ0n) is 18.9. The maximum absolute atomic E-state index is 14.2. The number of halogens is 1. The summed E-state index contributed by atoms with van der Waals surface area (Å²) >= 11 is 0. The normalized spacial score (nSPS) is 13.9. The van der Waals surface area contributed by atoms with E-state index in [1.165, 1.54) is 19.2 Å². The quantitative estimate of drug-likeness (QED) is 0.492. The van der Waals surface area contributed by atoms with Crippen molar-refractivity contribution in [1.82, 2.24) is 10.2 Å². The van der Waals surface area contributed by atoms with Gasteiger partial charge < -0.3 is 20.1 Å². The fraction of sp³-hybridized carbons (Fsp3) is 0.364. The lowest BCUT2D eigenvalue weighted by Gasteiger charge is -2.26. The van der Waals surface area contributed by atoms with Crippen LogP contribution in [-0.2, 0) is 14.9 Å². The highest BCUT2D eigenvalue weighted by Crippen LogP contribution is 2.20. The predicted octanol–water partition coefficient (Wildman–Crippen LogP) is 1.65. The van der Waals surface area contributed by atoms with Gasteiger partial charge in [0.2, 0.25) is 0 Å². The van der Waals surface area contributed by atoms with Crippen LogP contribution in [0.25, 0.3) is 0 Å². The van der Waals surface area contributed by atoms with E-state index in [2.05, 4.69) is 15.5 Å². The summed E-state index contributed by atoms with van der Waals surface area (Å²) in [6, 6.07) is 10.6. The molecule has 3 N–H and O–H groups in total. The zero-order valence-corrected chi connectivity index (χ0v) is 19.7. The third kappa shape index (κ3) is 9.43. The fourth-order valence-electron chi connectivity index (χ4n) is 3.03. The maximum atomic E-state index is 14.2. The largest absolute Gasteiger partial charge is 0.497 e. The average Bonchev–Trinajstić information content (AvgIpc) is 2.78. The number of methoxy groups -OCH3 is 1. The monoisotopic (exact) mass is 497 g/mol. The van der Waals surface area contributed by atoms with Crippen LogP contribution in [0.5, 0.6) is 5.75 Å². The predicted molar refractivity (Wildman–Crippen MR) is 124 cm³/mol. The minimum absolute atomic E-state index is 0.131. The SMILES string of the molecule is COc1ccc(C(=O)Nc2ccccc2C(=O)NCCN2CCOCC2)c(F)c1.CS(=O)(=O)O. The molecule has 3 rings (SSSR count). The summed E-state index contributed by atoms with van der Waals surface area (Å²) in [4.78, 5) is 27.3. The van der Waals surface area contributed by atoms with E-state index in [9.17, 15) is 22.4 Å². The number of para-hydroxylation sites is 1. The molecule has 2 aromatic rings. The van der Waals surface area contributed by atoms with Crippen LogP contribution >= 0.6 is 0 Å². The lowest BCUT2D eigenvalue weighted by Crippen LogP contribution is -2.41. The molecule has 1 aliphatic heterocycles. The summed E-state index contributed by atoms with van der Waals surface area (Å²) in [5.41, 5.74) is 0.502. The van der Waals surface area contributed by atoms with E-state index in [1.54, 1.807) is 24.3 Å². The van der Waals surface area contributed by atoms with E-state index in [0.717, 1.165) is 25.7 Å². The highest BCUT2D eigenvalue weighted by Gasteiger charge is 2.17. The van der Waals surface area contributed by atoms with E-state index in [1.807, 2.05) is 0 Å². The number of carbonyl (C=O) groups excluding carboxylic acids is 2. The van der Waals surface area contributed by atoms with Gasteiger partial charge in [0, 0.05) is 32.2 Å². The second-order valence-electron chi connectivity index (χ2n) is 7.29. The summed E-state index contributed by atoms with van der Waals surface area (Å²) in [5, 5.41) is 5.48. The number of ether oxygens (including phenoxy) is 2. The first-order valence-corrected chi connectivity index (χ1v) is 12.2. The first-order valence-electron chi connectivity index (χ1n) is 10.3. The number of carbonyl (C=O) groups is 2. The molecular weight excluding hydrogens is 469 g/mol. The number of hydrogen-bond acceptors (Lipinski definition) is 7. The van der Waals surface area contributed by atoms with Gasteiger partial charge in [0.1, 0.15) is 11.6 Å². The summed E-state index contributed by atoms with van der Waals surface area (Å²) < 4.78 is 50.3. The van der Waals surface area contributed by atoms with Crippen molar-refractivity contribution < 1.29 is 36.4 Å². The minimum Gasteiger partial charge on any atom is -0.497 e. The van der Waals surface area contributed by atoms with Crippen LogP contribution in [0, 0.1) is 5.82 Å². The Morgan fingerprint density at radius 3 is 2.38 bits per heavy atom. The van der Waals surface area contributed by atoms with Crippen molar-refractivity contribution in [3.8, 4) is 5.75 Å². The number of hydrogen-bond donors (Lipinski definition) is 3. The molecule has 1 fully saturated rings. The van der Waals surface area contributed by atoms with Crippen LogP contribution < -0.4 is 15.4 Å². The highest BCUT2D eigenvalue weighted by atomic mass is 32.2. The van der Waals surface area contributed by atoms with Crippen LogP contribution in [-0.4, -0.2) is 82.4 Å². The second-order valence-corrected chi connectivity index (χ2v) is 8.75. The Hall–Kier alpha value is -3.06. The molecule has 1 heterocycles. The van der Waals surface area contributed by atoms with E-state index >= 15 is 0 Å². The first-order chi connectivity index (χ1) is 16.1. The third-order valence-electron chi connectivity index (χ3n) is 4.66. The average molecular weight is 498 g/mol. The molecule has 0 aromatic heterocycles. The Morgan fingerprint density at radius 2 is 1.76 bits per heavy atom.